The van der Waals surface area contributed by atoms with Crippen LogP contribution < -0.4 is 10.6 Å². The van der Waals surface area contributed by atoms with Crippen LogP contribution in [0.1, 0.15) is 18.4 Å². The Morgan fingerprint density at radius 3 is 2.81 bits per heavy atom. The first-order valence-electron chi connectivity index (χ1n) is 5.78. The van der Waals surface area contributed by atoms with Crippen LogP contribution in [0, 0.1) is 12.8 Å². The molecule has 0 aromatic carbocycles. The average molecular weight is 284 g/mol. The van der Waals surface area contributed by atoms with Crippen LogP contribution in [0.4, 0.5) is 5.82 Å². The number of hydrogen-bond donors (Lipinski definition) is 1. The van der Waals surface area contributed by atoms with Gasteiger partial charge in [0.2, 0.25) is 0 Å². The third-order valence-electron chi connectivity index (χ3n) is 3.31. The van der Waals surface area contributed by atoms with Gasteiger partial charge in [0.15, 0.2) is 0 Å². The van der Waals surface area contributed by atoms with Gasteiger partial charge < -0.3 is 10.6 Å². The third kappa shape index (κ3) is 2.38. The molecule has 2 N–H and O–H groups in total. The molecule has 0 radical (unpaired) electrons. The van der Waals surface area contributed by atoms with Gasteiger partial charge in [0.1, 0.15) is 5.82 Å². The van der Waals surface area contributed by atoms with Crippen LogP contribution in [-0.4, -0.2) is 24.6 Å². The van der Waals surface area contributed by atoms with E-state index in [2.05, 4.69) is 32.7 Å². The lowest BCUT2D eigenvalue weighted by Crippen LogP contribution is -2.36. The Hall–Kier alpha value is -0.610. The van der Waals surface area contributed by atoms with E-state index in [1.165, 1.54) is 18.4 Å². The number of aromatic nitrogens is 1. The molecule has 0 unspecified atom stereocenters. The van der Waals surface area contributed by atoms with Gasteiger partial charge >= 0.3 is 0 Å². The Labute approximate surface area is 105 Å². The van der Waals surface area contributed by atoms with E-state index in [0.717, 1.165) is 29.9 Å². The lowest BCUT2D eigenvalue weighted by molar-refractivity contribution is 0.413. The highest BCUT2D eigenvalue weighted by Crippen LogP contribution is 2.29. The number of anilines is 1. The summed E-state index contributed by atoms with van der Waals surface area (Å²) in [6.45, 7) is 5.05. The van der Waals surface area contributed by atoms with E-state index >= 15 is 0 Å². The number of piperidine rings is 1. The van der Waals surface area contributed by atoms with E-state index in [-0.39, 0.29) is 0 Å². The van der Waals surface area contributed by atoms with Crippen molar-refractivity contribution in [1.82, 2.24) is 4.98 Å². The maximum Gasteiger partial charge on any atom is 0.143 e. The molecule has 1 fully saturated rings. The van der Waals surface area contributed by atoms with Crippen molar-refractivity contribution in [2.75, 3.05) is 24.5 Å². The molecule has 0 amide bonds. The summed E-state index contributed by atoms with van der Waals surface area (Å²) in [6, 6.07) is 2.03. The molecule has 1 aromatic heterocycles. The molecule has 16 heavy (non-hydrogen) atoms. The van der Waals surface area contributed by atoms with Crippen molar-refractivity contribution < 1.29 is 0 Å². The second-order valence-electron chi connectivity index (χ2n) is 4.43. The average Bonchev–Trinajstić information content (AvgIpc) is 2.33. The first kappa shape index (κ1) is 11.9. The summed E-state index contributed by atoms with van der Waals surface area (Å²) in [6.07, 6.45) is 4.24. The predicted molar refractivity (Wildman–Crippen MR) is 70.7 cm³/mol. The smallest absolute Gasteiger partial charge is 0.143 e. The van der Waals surface area contributed by atoms with Crippen LogP contribution in [0.2, 0.25) is 0 Å². The molecular weight excluding hydrogens is 266 g/mol. The minimum atomic E-state index is 0.694. The number of halogens is 1. The minimum Gasteiger partial charge on any atom is -0.356 e. The van der Waals surface area contributed by atoms with Gasteiger partial charge in [0.25, 0.3) is 0 Å². The van der Waals surface area contributed by atoms with Crippen molar-refractivity contribution in [3.8, 4) is 0 Å². The predicted octanol–water partition coefficient (Wildman–Crippen LogP) is 2.33. The largest absolute Gasteiger partial charge is 0.356 e. The molecule has 88 valence electrons. The quantitative estimate of drug-likeness (QED) is 0.906. The van der Waals surface area contributed by atoms with Gasteiger partial charge in [-0.25, -0.2) is 4.98 Å². The summed E-state index contributed by atoms with van der Waals surface area (Å²) in [4.78, 5) is 6.81. The summed E-state index contributed by atoms with van der Waals surface area (Å²) < 4.78 is 1.13. The maximum absolute atomic E-state index is 5.70. The Morgan fingerprint density at radius 2 is 2.19 bits per heavy atom. The van der Waals surface area contributed by atoms with Gasteiger partial charge in [-0.2, -0.15) is 0 Å². The molecule has 1 aromatic rings. The molecule has 4 heteroatoms. The lowest BCUT2D eigenvalue weighted by Gasteiger charge is -2.33. The first-order valence-corrected chi connectivity index (χ1v) is 6.57. The number of aryl methyl sites for hydroxylation is 1. The van der Waals surface area contributed by atoms with E-state index in [1.54, 1.807) is 0 Å². The highest BCUT2D eigenvalue weighted by molar-refractivity contribution is 9.10. The number of nitrogens with zero attached hydrogens (tertiary/aromatic N) is 2. The highest BCUT2D eigenvalue weighted by Gasteiger charge is 2.20. The molecule has 0 bridgehead atoms. The second-order valence-corrected chi connectivity index (χ2v) is 5.22. The summed E-state index contributed by atoms with van der Waals surface area (Å²) >= 11 is 3.62. The summed E-state index contributed by atoms with van der Waals surface area (Å²) in [5, 5.41) is 0. The van der Waals surface area contributed by atoms with Gasteiger partial charge in [0.05, 0.1) is 4.47 Å². The number of nitrogens with two attached hydrogens (primary N) is 1. The van der Waals surface area contributed by atoms with Crippen molar-refractivity contribution in [3.05, 3.63) is 22.3 Å². The monoisotopic (exact) mass is 283 g/mol. The van der Waals surface area contributed by atoms with Crippen LogP contribution in [0.3, 0.4) is 0 Å². The zero-order chi connectivity index (χ0) is 11.5. The number of pyridine rings is 1. The highest BCUT2D eigenvalue weighted by atomic mass is 79.9. The number of hydrogen-bond acceptors (Lipinski definition) is 3. The fraction of sp³-hybridized carbons (Fsp3) is 0.583. The van der Waals surface area contributed by atoms with Crippen LogP contribution in [0.15, 0.2) is 16.7 Å². The molecule has 2 heterocycles. The normalized spacial score (nSPS) is 17.8. The van der Waals surface area contributed by atoms with Crippen molar-refractivity contribution in [2.24, 2.45) is 11.7 Å². The van der Waals surface area contributed by atoms with E-state index in [9.17, 15) is 0 Å². The van der Waals surface area contributed by atoms with Crippen molar-refractivity contribution in [3.63, 3.8) is 0 Å². The molecular formula is C12H18BrN3. The fourth-order valence-electron chi connectivity index (χ4n) is 2.13. The van der Waals surface area contributed by atoms with Gasteiger partial charge in [-0.3, -0.25) is 0 Å². The third-order valence-corrected chi connectivity index (χ3v) is 4.29. The topological polar surface area (TPSA) is 42.2 Å². The van der Waals surface area contributed by atoms with Crippen LogP contribution >= 0.6 is 15.9 Å². The molecule has 0 spiro atoms. The summed E-state index contributed by atoms with van der Waals surface area (Å²) in [5.74, 6) is 1.77. The lowest BCUT2D eigenvalue weighted by atomic mass is 9.97. The zero-order valence-electron chi connectivity index (χ0n) is 9.62. The molecule has 2 rings (SSSR count). The molecule has 1 saturated heterocycles. The molecule has 0 aliphatic carbocycles. The second kappa shape index (κ2) is 5.15. The molecule has 1 aliphatic rings. The van der Waals surface area contributed by atoms with Crippen molar-refractivity contribution in [2.45, 2.75) is 19.8 Å². The molecule has 3 nitrogen and oxygen atoms in total. The van der Waals surface area contributed by atoms with Crippen LogP contribution in [-0.2, 0) is 0 Å². The zero-order valence-corrected chi connectivity index (χ0v) is 11.2. The van der Waals surface area contributed by atoms with Gasteiger partial charge in [-0.15, -0.1) is 0 Å². The van der Waals surface area contributed by atoms with E-state index in [1.807, 2.05) is 12.3 Å². The Bertz CT molecular complexity index is 359. The van der Waals surface area contributed by atoms with Crippen molar-refractivity contribution >= 4 is 21.7 Å². The van der Waals surface area contributed by atoms with E-state index in [4.69, 9.17) is 5.73 Å². The van der Waals surface area contributed by atoms with Gasteiger partial charge in [-0.05, 0) is 59.8 Å². The minimum absolute atomic E-state index is 0.694. The Balaban J connectivity index is 2.11. The Kier molecular flexibility index (Phi) is 3.82. The van der Waals surface area contributed by atoms with Crippen LogP contribution in [0.25, 0.3) is 0 Å². The standard InChI is InChI=1S/C12H18BrN3/c1-9-2-5-15-12(11(9)13)16-6-3-10(8-14)4-7-16/h2,5,10H,3-4,6-8,14H2,1H3. The number of rotatable bonds is 2. The first-order chi connectivity index (χ1) is 7.72. The SMILES string of the molecule is Cc1ccnc(N2CCC(CN)CC2)c1Br. The summed E-state index contributed by atoms with van der Waals surface area (Å²) in [5.41, 5.74) is 6.94. The van der Waals surface area contributed by atoms with Gasteiger partial charge in [0, 0.05) is 19.3 Å². The van der Waals surface area contributed by atoms with Gasteiger partial charge in [-0.1, -0.05) is 0 Å². The Morgan fingerprint density at radius 1 is 1.50 bits per heavy atom. The summed E-state index contributed by atoms with van der Waals surface area (Å²) in [7, 11) is 0. The maximum atomic E-state index is 5.70. The van der Waals surface area contributed by atoms with Crippen LogP contribution in [0.5, 0.6) is 0 Å². The van der Waals surface area contributed by atoms with E-state index in [0.29, 0.717) is 5.92 Å². The molecule has 0 atom stereocenters. The van der Waals surface area contributed by atoms with E-state index < -0.39 is 0 Å². The van der Waals surface area contributed by atoms with Crippen molar-refractivity contribution in [1.29, 1.82) is 0 Å². The molecule has 1 aliphatic heterocycles. The fourth-order valence-corrected chi connectivity index (χ4v) is 2.61. The molecule has 0 saturated carbocycles.